The van der Waals surface area contributed by atoms with E-state index in [2.05, 4.69) is 5.32 Å². The van der Waals surface area contributed by atoms with E-state index >= 15 is 0 Å². The van der Waals surface area contributed by atoms with Gasteiger partial charge in [-0.25, -0.2) is 0 Å². The molecule has 0 radical (unpaired) electrons. The lowest BCUT2D eigenvalue weighted by molar-refractivity contribution is 0.0931. The Morgan fingerprint density at radius 1 is 1.26 bits per heavy atom. The Balaban J connectivity index is 2.00. The van der Waals surface area contributed by atoms with Gasteiger partial charge in [-0.1, -0.05) is 19.1 Å². The van der Waals surface area contributed by atoms with Crippen LogP contribution in [0.5, 0.6) is 0 Å². The molecule has 0 heterocycles. The fourth-order valence-electron chi connectivity index (χ4n) is 2.13. The summed E-state index contributed by atoms with van der Waals surface area (Å²) in [5.41, 5.74) is 6.89. The maximum atomic E-state index is 12.0. The summed E-state index contributed by atoms with van der Waals surface area (Å²) in [6, 6.07) is 6.87. The molecule has 1 aliphatic carbocycles. The van der Waals surface area contributed by atoms with Gasteiger partial charge < -0.3 is 11.1 Å². The van der Waals surface area contributed by atoms with Gasteiger partial charge in [0.05, 0.1) is 0 Å². The van der Waals surface area contributed by atoms with Gasteiger partial charge in [-0.2, -0.15) is 0 Å². The standard InChI is InChI=1S/C15H20N2O2/c1-2-14(18)11-5-7-12(8-6-11)15(19)17-13(9-16)10-3-4-10/h5-8,10,13H,2-4,9,16H2,1H3,(H,17,19). The Bertz CT molecular complexity index is 464. The third kappa shape index (κ3) is 3.41. The number of rotatable bonds is 6. The average Bonchev–Trinajstić information content (AvgIpc) is 3.28. The van der Waals surface area contributed by atoms with Crippen LogP contribution in [0.2, 0.25) is 0 Å². The second-order valence-electron chi connectivity index (χ2n) is 5.01. The number of carbonyl (C=O) groups excluding carboxylic acids is 2. The summed E-state index contributed by atoms with van der Waals surface area (Å²) in [5, 5.41) is 2.96. The molecule has 3 N–H and O–H groups in total. The van der Waals surface area contributed by atoms with Gasteiger partial charge in [-0.3, -0.25) is 9.59 Å². The predicted octanol–water partition coefficient (Wildman–Crippen LogP) is 1.75. The molecule has 4 heteroatoms. The maximum absolute atomic E-state index is 12.0. The highest BCUT2D eigenvalue weighted by Crippen LogP contribution is 2.32. The molecule has 2 rings (SSSR count). The zero-order valence-electron chi connectivity index (χ0n) is 11.2. The first kappa shape index (κ1) is 13.7. The van der Waals surface area contributed by atoms with Gasteiger partial charge in [0.2, 0.25) is 0 Å². The van der Waals surface area contributed by atoms with E-state index in [1.54, 1.807) is 24.3 Å². The molecule has 1 saturated carbocycles. The van der Waals surface area contributed by atoms with E-state index in [9.17, 15) is 9.59 Å². The molecular formula is C15H20N2O2. The first-order valence-electron chi connectivity index (χ1n) is 6.80. The minimum Gasteiger partial charge on any atom is -0.348 e. The lowest BCUT2D eigenvalue weighted by Crippen LogP contribution is -2.41. The Morgan fingerprint density at radius 3 is 2.32 bits per heavy atom. The van der Waals surface area contributed by atoms with Crippen LogP contribution in [0.1, 0.15) is 46.9 Å². The van der Waals surface area contributed by atoms with Gasteiger partial charge in [0, 0.05) is 30.1 Å². The van der Waals surface area contributed by atoms with Crippen LogP contribution in [0.4, 0.5) is 0 Å². The third-order valence-electron chi connectivity index (χ3n) is 3.55. The van der Waals surface area contributed by atoms with Gasteiger partial charge in [-0.15, -0.1) is 0 Å². The number of hydrogen-bond donors (Lipinski definition) is 2. The van der Waals surface area contributed by atoms with Crippen LogP contribution >= 0.6 is 0 Å². The average molecular weight is 260 g/mol. The highest BCUT2D eigenvalue weighted by atomic mass is 16.1. The van der Waals surface area contributed by atoms with Crippen molar-refractivity contribution in [1.29, 1.82) is 0 Å². The van der Waals surface area contributed by atoms with Crippen molar-refractivity contribution in [2.24, 2.45) is 11.7 Å². The molecule has 0 bridgehead atoms. The second kappa shape index (κ2) is 5.97. The highest BCUT2D eigenvalue weighted by molar-refractivity contribution is 5.98. The maximum Gasteiger partial charge on any atom is 0.251 e. The number of amides is 1. The predicted molar refractivity (Wildman–Crippen MR) is 74.1 cm³/mol. The second-order valence-corrected chi connectivity index (χ2v) is 5.01. The van der Waals surface area contributed by atoms with Crippen LogP contribution in [0.25, 0.3) is 0 Å². The Kier molecular flexibility index (Phi) is 4.32. The molecule has 1 amide bonds. The largest absolute Gasteiger partial charge is 0.348 e. The SMILES string of the molecule is CCC(=O)c1ccc(C(=O)NC(CN)C2CC2)cc1. The summed E-state index contributed by atoms with van der Waals surface area (Å²) in [6.07, 6.45) is 2.76. The number of ketones is 1. The molecule has 1 unspecified atom stereocenters. The smallest absolute Gasteiger partial charge is 0.251 e. The molecule has 1 aliphatic rings. The molecule has 19 heavy (non-hydrogen) atoms. The molecule has 1 aromatic carbocycles. The summed E-state index contributed by atoms with van der Waals surface area (Å²) in [4.78, 5) is 23.5. The first-order valence-corrected chi connectivity index (χ1v) is 6.80. The van der Waals surface area contributed by atoms with Crippen molar-refractivity contribution in [1.82, 2.24) is 5.32 Å². The molecule has 0 aromatic heterocycles. The fraction of sp³-hybridized carbons (Fsp3) is 0.467. The van der Waals surface area contributed by atoms with E-state index in [0.29, 0.717) is 30.0 Å². The number of carbonyl (C=O) groups is 2. The quantitative estimate of drug-likeness (QED) is 0.765. The van der Waals surface area contributed by atoms with Crippen LogP contribution in [0.3, 0.4) is 0 Å². The molecule has 0 aliphatic heterocycles. The minimum atomic E-state index is -0.113. The number of nitrogens with two attached hydrogens (primary N) is 1. The summed E-state index contributed by atoms with van der Waals surface area (Å²) in [5.74, 6) is 0.512. The van der Waals surface area contributed by atoms with Crippen LogP contribution < -0.4 is 11.1 Å². The van der Waals surface area contributed by atoms with Crippen molar-refractivity contribution in [3.63, 3.8) is 0 Å². The Hall–Kier alpha value is -1.68. The summed E-state index contributed by atoms with van der Waals surface area (Å²) in [6.45, 7) is 2.30. The molecule has 4 nitrogen and oxygen atoms in total. The van der Waals surface area contributed by atoms with E-state index < -0.39 is 0 Å². The molecule has 0 spiro atoms. The lowest BCUT2D eigenvalue weighted by atomic mass is 10.1. The van der Waals surface area contributed by atoms with E-state index in [4.69, 9.17) is 5.73 Å². The van der Waals surface area contributed by atoms with E-state index in [1.165, 1.54) is 0 Å². The van der Waals surface area contributed by atoms with Crippen molar-refractivity contribution < 1.29 is 9.59 Å². The molecular weight excluding hydrogens is 240 g/mol. The number of benzene rings is 1. The van der Waals surface area contributed by atoms with E-state index in [0.717, 1.165) is 12.8 Å². The number of nitrogens with one attached hydrogen (secondary N) is 1. The summed E-state index contributed by atoms with van der Waals surface area (Å²) in [7, 11) is 0. The van der Waals surface area contributed by atoms with Crippen molar-refractivity contribution in [2.75, 3.05) is 6.54 Å². The Morgan fingerprint density at radius 2 is 1.84 bits per heavy atom. The number of hydrogen-bond acceptors (Lipinski definition) is 3. The van der Waals surface area contributed by atoms with Crippen LogP contribution in [-0.2, 0) is 0 Å². The van der Waals surface area contributed by atoms with E-state index in [1.807, 2.05) is 6.92 Å². The molecule has 102 valence electrons. The van der Waals surface area contributed by atoms with Crippen molar-refractivity contribution in [3.05, 3.63) is 35.4 Å². The minimum absolute atomic E-state index is 0.0736. The van der Waals surface area contributed by atoms with Gasteiger partial charge >= 0.3 is 0 Å². The van der Waals surface area contributed by atoms with E-state index in [-0.39, 0.29) is 17.7 Å². The summed E-state index contributed by atoms with van der Waals surface area (Å²) < 4.78 is 0. The fourth-order valence-corrected chi connectivity index (χ4v) is 2.13. The van der Waals surface area contributed by atoms with Crippen molar-refractivity contribution >= 4 is 11.7 Å². The zero-order valence-corrected chi connectivity index (χ0v) is 11.2. The number of Topliss-reactive ketones (excluding diaryl/α,β-unsaturated/α-hetero) is 1. The first-order chi connectivity index (χ1) is 9.15. The van der Waals surface area contributed by atoms with Crippen LogP contribution in [0.15, 0.2) is 24.3 Å². The third-order valence-corrected chi connectivity index (χ3v) is 3.55. The van der Waals surface area contributed by atoms with Gasteiger partial charge in [0.15, 0.2) is 5.78 Å². The monoisotopic (exact) mass is 260 g/mol. The molecule has 1 fully saturated rings. The van der Waals surface area contributed by atoms with Crippen LogP contribution in [-0.4, -0.2) is 24.3 Å². The summed E-state index contributed by atoms with van der Waals surface area (Å²) >= 11 is 0. The van der Waals surface area contributed by atoms with Crippen molar-refractivity contribution in [3.8, 4) is 0 Å². The molecule has 1 aromatic rings. The normalized spacial score (nSPS) is 15.9. The zero-order chi connectivity index (χ0) is 13.8. The van der Waals surface area contributed by atoms with Crippen LogP contribution in [0, 0.1) is 5.92 Å². The van der Waals surface area contributed by atoms with Gasteiger partial charge in [0.1, 0.15) is 0 Å². The molecule has 0 saturated heterocycles. The molecule has 1 atom stereocenters. The van der Waals surface area contributed by atoms with Crippen molar-refractivity contribution in [2.45, 2.75) is 32.2 Å². The Labute approximate surface area is 113 Å². The lowest BCUT2D eigenvalue weighted by Gasteiger charge is -2.16. The topological polar surface area (TPSA) is 72.2 Å². The highest BCUT2D eigenvalue weighted by Gasteiger charge is 2.31. The van der Waals surface area contributed by atoms with Gasteiger partial charge in [-0.05, 0) is 30.9 Å². The van der Waals surface area contributed by atoms with Gasteiger partial charge in [0.25, 0.3) is 5.91 Å².